The van der Waals surface area contributed by atoms with Crippen molar-refractivity contribution in [3.05, 3.63) is 34.6 Å². The highest BCUT2D eigenvalue weighted by molar-refractivity contribution is 6.30. The molecule has 0 amide bonds. The monoisotopic (exact) mass is 243 g/mol. The molecule has 1 aromatic rings. The largest absolute Gasteiger partial charge is 0.312 e. The maximum Gasteiger partial charge on any atom is 0.127 e. The first-order valence-corrected chi connectivity index (χ1v) is 6.03. The minimum absolute atomic E-state index is 0.200. The summed E-state index contributed by atoms with van der Waals surface area (Å²) in [6, 6.07) is 4.65. The Kier molecular flexibility index (Phi) is 5.23. The summed E-state index contributed by atoms with van der Waals surface area (Å²) < 4.78 is 13.4. The van der Waals surface area contributed by atoms with Crippen LogP contribution in [0.5, 0.6) is 0 Å². The number of nitrogens with one attached hydrogen (secondary N) is 1. The molecule has 3 heteroatoms. The molecule has 1 nitrogen and oxygen atoms in total. The molecule has 1 rings (SSSR count). The van der Waals surface area contributed by atoms with Gasteiger partial charge in [0.2, 0.25) is 0 Å². The molecule has 0 aliphatic rings. The lowest BCUT2D eigenvalue weighted by atomic mass is 9.98. The van der Waals surface area contributed by atoms with E-state index in [4.69, 9.17) is 11.6 Å². The predicted octanol–water partition coefficient (Wildman–Crippen LogP) is 3.86. The normalized spacial score (nSPS) is 13.1. The second kappa shape index (κ2) is 6.21. The van der Waals surface area contributed by atoms with Crippen LogP contribution in [0.4, 0.5) is 4.39 Å². The molecular weight excluding hydrogens is 225 g/mol. The molecule has 0 bridgehead atoms. The Morgan fingerprint density at radius 2 is 2.00 bits per heavy atom. The van der Waals surface area contributed by atoms with Gasteiger partial charge in [-0.25, -0.2) is 4.39 Å². The standard InChI is InChI=1S/C13H19ClFN/c1-9(2)10(3)7-16-8-11-6-12(14)4-5-13(11)15/h4-6,9-10,16H,7-8H2,1-3H3. The molecule has 0 aliphatic heterocycles. The van der Waals surface area contributed by atoms with Crippen LogP contribution in [-0.2, 0) is 6.54 Å². The van der Waals surface area contributed by atoms with Crippen LogP contribution in [0, 0.1) is 17.7 Å². The Hall–Kier alpha value is -0.600. The van der Waals surface area contributed by atoms with Crippen LogP contribution in [0.25, 0.3) is 0 Å². The lowest BCUT2D eigenvalue weighted by Crippen LogP contribution is -2.24. The lowest BCUT2D eigenvalue weighted by Gasteiger charge is -2.16. The van der Waals surface area contributed by atoms with Crippen LogP contribution in [0.2, 0.25) is 5.02 Å². The van der Waals surface area contributed by atoms with Crippen molar-refractivity contribution in [3.63, 3.8) is 0 Å². The maximum atomic E-state index is 13.4. The average Bonchev–Trinajstić information content (AvgIpc) is 2.22. The summed E-state index contributed by atoms with van der Waals surface area (Å²) >= 11 is 5.81. The summed E-state index contributed by atoms with van der Waals surface area (Å²) in [5.74, 6) is 1.02. The summed E-state index contributed by atoms with van der Waals surface area (Å²) in [6.45, 7) is 7.98. The summed E-state index contributed by atoms with van der Waals surface area (Å²) in [4.78, 5) is 0. The molecule has 16 heavy (non-hydrogen) atoms. The van der Waals surface area contributed by atoms with E-state index < -0.39 is 0 Å². The Labute approximate surface area is 102 Å². The van der Waals surface area contributed by atoms with Crippen molar-refractivity contribution in [1.82, 2.24) is 5.32 Å². The smallest absolute Gasteiger partial charge is 0.127 e. The number of hydrogen-bond donors (Lipinski definition) is 1. The molecule has 1 N–H and O–H groups in total. The molecule has 1 aromatic carbocycles. The number of halogens is 2. The molecule has 1 atom stereocenters. The highest BCUT2D eigenvalue weighted by Crippen LogP contribution is 2.15. The molecule has 0 aliphatic carbocycles. The van der Waals surface area contributed by atoms with E-state index in [0.29, 0.717) is 29.0 Å². The fourth-order valence-electron chi connectivity index (χ4n) is 1.35. The van der Waals surface area contributed by atoms with Crippen LogP contribution in [-0.4, -0.2) is 6.54 Å². The zero-order valence-electron chi connectivity index (χ0n) is 10.1. The van der Waals surface area contributed by atoms with Crippen molar-refractivity contribution >= 4 is 11.6 Å². The molecule has 90 valence electrons. The first kappa shape index (κ1) is 13.5. The Balaban J connectivity index is 2.45. The molecule has 0 saturated carbocycles. The second-order valence-corrected chi connectivity index (χ2v) is 5.02. The van der Waals surface area contributed by atoms with Gasteiger partial charge < -0.3 is 5.32 Å². The average molecular weight is 244 g/mol. The Morgan fingerprint density at radius 1 is 1.31 bits per heavy atom. The quantitative estimate of drug-likeness (QED) is 0.828. The van der Waals surface area contributed by atoms with Crippen LogP contribution < -0.4 is 5.32 Å². The van der Waals surface area contributed by atoms with Crippen molar-refractivity contribution in [2.75, 3.05) is 6.54 Å². The van der Waals surface area contributed by atoms with E-state index in [2.05, 4.69) is 26.1 Å². The second-order valence-electron chi connectivity index (χ2n) is 4.59. The van der Waals surface area contributed by atoms with Crippen LogP contribution in [0.3, 0.4) is 0 Å². The van der Waals surface area contributed by atoms with Gasteiger partial charge in [-0.3, -0.25) is 0 Å². The zero-order valence-corrected chi connectivity index (χ0v) is 10.8. The number of rotatable bonds is 5. The molecule has 0 aromatic heterocycles. The highest BCUT2D eigenvalue weighted by atomic mass is 35.5. The van der Waals surface area contributed by atoms with E-state index in [1.165, 1.54) is 6.07 Å². The van der Waals surface area contributed by atoms with Crippen LogP contribution >= 0.6 is 11.6 Å². The third-order valence-corrected chi connectivity index (χ3v) is 3.16. The maximum absolute atomic E-state index is 13.4. The van der Waals surface area contributed by atoms with Gasteiger partial charge in [0.25, 0.3) is 0 Å². The molecule has 0 heterocycles. The Bertz CT molecular complexity index is 339. The van der Waals surface area contributed by atoms with E-state index in [9.17, 15) is 4.39 Å². The van der Waals surface area contributed by atoms with Crippen LogP contribution in [0.1, 0.15) is 26.3 Å². The van der Waals surface area contributed by atoms with Gasteiger partial charge in [-0.15, -0.1) is 0 Å². The van der Waals surface area contributed by atoms with Gasteiger partial charge >= 0.3 is 0 Å². The molecule has 1 unspecified atom stereocenters. The molecule has 0 spiro atoms. The number of hydrogen-bond acceptors (Lipinski definition) is 1. The summed E-state index contributed by atoms with van der Waals surface area (Å²) in [5.41, 5.74) is 0.628. The summed E-state index contributed by atoms with van der Waals surface area (Å²) in [7, 11) is 0. The van der Waals surface area contributed by atoms with E-state index >= 15 is 0 Å². The minimum atomic E-state index is -0.200. The van der Waals surface area contributed by atoms with E-state index in [1.54, 1.807) is 12.1 Å². The topological polar surface area (TPSA) is 12.0 Å². The molecule has 0 saturated heterocycles. The van der Waals surface area contributed by atoms with Gasteiger partial charge in [0.15, 0.2) is 0 Å². The van der Waals surface area contributed by atoms with Crippen LogP contribution in [0.15, 0.2) is 18.2 Å². The lowest BCUT2D eigenvalue weighted by molar-refractivity contribution is 0.391. The van der Waals surface area contributed by atoms with Crippen molar-refractivity contribution in [3.8, 4) is 0 Å². The van der Waals surface area contributed by atoms with Gasteiger partial charge in [0.1, 0.15) is 5.82 Å². The minimum Gasteiger partial charge on any atom is -0.312 e. The fourth-order valence-corrected chi connectivity index (χ4v) is 1.54. The predicted molar refractivity (Wildman–Crippen MR) is 67.1 cm³/mol. The molecular formula is C13H19ClFN. The first-order valence-electron chi connectivity index (χ1n) is 5.65. The highest BCUT2D eigenvalue weighted by Gasteiger charge is 2.07. The van der Waals surface area contributed by atoms with E-state index in [1.807, 2.05) is 0 Å². The number of benzene rings is 1. The summed E-state index contributed by atoms with van der Waals surface area (Å²) in [6.07, 6.45) is 0. The van der Waals surface area contributed by atoms with Crippen molar-refractivity contribution in [2.24, 2.45) is 11.8 Å². The van der Waals surface area contributed by atoms with Gasteiger partial charge in [0, 0.05) is 17.1 Å². The van der Waals surface area contributed by atoms with Gasteiger partial charge in [0.05, 0.1) is 0 Å². The van der Waals surface area contributed by atoms with Crippen molar-refractivity contribution in [1.29, 1.82) is 0 Å². The third kappa shape index (κ3) is 4.11. The fraction of sp³-hybridized carbons (Fsp3) is 0.538. The van der Waals surface area contributed by atoms with Gasteiger partial charge in [-0.05, 0) is 36.6 Å². The van der Waals surface area contributed by atoms with Crippen molar-refractivity contribution in [2.45, 2.75) is 27.3 Å². The van der Waals surface area contributed by atoms with E-state index in [0.717, 1.165) is 6.54 Å². The first-order chi connectivity index (χ1) is 7.50. The molecule has 0 radical (unpaired) electrons. The Morgan fingerprint density at radius 3 is 2.62 bits per heavy atom. The third-order valence-electron chi connectivity index (χ3n) is 2.93. The van der Waals surface area contributed by atoms with Gasteiger partial charge in [-0.1, -0.05) is 32.4 Å². The zero-order chi connectivity index (χ0) is 12.1. The van der Waals surface area contributed by atoms with Crippen molar-refractivity contribution < 1.29 is 4.39 Å². The molecule has 0 fully saturated rings. The van der Waals surface area contributed by atoms with Gasteiger partial charge in [-0.2, -0.15) is 0 Å². The summed E-state index contributed by atoms with van der Waals surface area (Å²) in [5, 5.41) is 3.83. The van der Waals surface area contributed by atoms with E-state index in [-0.39, 0.29) is 5.82 Å². The SMILES string of the molecule is CC(C)C(C)CNCc1cc(Cl)ccc1F.